The van der Waals surface area contributed by atoms with Crippen LogP contribution < -0.4 is 5.73 Å². The van der Waals surface area contributed by atoms with Crippen molar-refractivity contribution in [2.24, 2.45) is 0 Å². The molecule has 1 aromatic carbocycles. The van der Waals surface area contributed by atoms with Crippen molar-refractivity contribution in [3.63, 3.8) is 0 Å². The lowest BCUT2D eigenvalue weighted by molar-refractivity contribution is 0.484. The molecular weight excluding hydrogens is 288 g/mol. The summed E-state index contributed by atoms with van der Waals surface area (Å²) in [5.74, 6) is -0.363. The Morgan fingerprint density at radius 3 is 2.11 bits per heavy atom. The zero-order valence-corrected chi connectivity index (χ0v) is 12.5. The van der Waals surface area contributed by atoms with E-state index in [2.05, 4.69) is 0 Å². The highest BCUT2D eigenvalue weighted by atomic mass is 32.2. The van der Waals surface area contributed by atoms with Gasteiger partial charge in [0.25, 0.3) is 0 Å². The molecule has 1 rings (SSSR count). The van der Waals surface area contributed by atoms with Gasteiger partial charge in [0.15, 0.2) is 0 Å². The van der Waals surface area contributed by atoms with E-state index in [9.17, 15) is 16.8 Å². The second-order valence-corrected chi connectivity index (χ2v) is 8.78. The summed E-state index contributed by atoms with van der Waals surface area (Å²) in [5, 5.41) is 0. The number of nitrogens with two attached hydrogens (primary N) is 1. The van der Waals surface area contributed by atoms with Gasteiger partial charge in [-0.05, 0) is 17.7 Å². The first-order valence-corrected chi connectivity index (χ1v) is 9.23. The van der Waals surface area contributed by atoms with Crippen LogP contribution in [-0.4, -0.2) is 46.7 Å². The van der Waals surface area contributed by atoms with Crippen molar-refractivity contribution in [2.75, 3.05) is 31.3 Å². The van der Waals surface area contributed by atoms with Crippen LogP contribution in [0.2, 0.25) is 0 Å². The molecule has 0 amide bonds. The van der Waals surface area contributed by atoms with Crippen LogP contribution in [0.1, 0.15) is 5.56 Å². The van der Waals surface area contributed by atoms with Crippen molar-refractivity contribution in [1.82, 2.24) is 4.31 Å². The second kappa shape index (κ2) is 5.89. The van der Waals surface area contributed by atoms with Crippen molar-refractivity contribution in [3.8, 4) is 0 Å². The molecule has 0 aliphatic heterocycles. The topological polar surface area (TPSA) is 97.5 Å². The van der Waals surface area contributed by atoms with Crippen LogP contribution in [0.3, 0.4) is 0 Å². The van der Waals surface area contributed by atoms with Gasteiger partial charge in [0.05, 0.1) is 11.5 Å². The summed E-state index contributed by atoms with van der Waals surface area (Å²) in [6.45, 7) is -0.0455. The van der Waals surface area contributed by atoms with Crippen LogP contribution in [-0.2, 0) is 25.6 Å². The van der Waals surface area contributed by atoms with Crippen LogP contribution in [0.25, 0.3) is 0 Å². The van der Waals surface area contributed by atoms with Gasteiger partial charge in [-0.3, -0.25) is 0 Å². The first-order valence-electron chi connectivity index (χ1n) is 5.56. The largest absolute Gasteiger partial charge is 0.399 e. The zero-order valence-electron chi connectivity index (χ0n) is 10.9. The summed E-state index contributed by atoms with van der Waals surface area (Å²) < 4.78 is 47.1. The third-order valence-electron chi connectivity index (χ3n) is 2.58. The molecule has 0 fully saturated rings. The summed E-state index contributed by atoms with van der Waals surface area (Å²) in [6.07, 6.45) is 1.08. The number of benzene rings is 1. The molecule has 0 unspecified atom stereocenters. The monoisotopic (exact) mass is 306 g/mol. The molecule has 0 saturated carbocycles. The molecule has 0 aromatic heterocycles. The van der Waals surface area contributed by atoms with E-state index in [1.54, 1.807) is 24.3 Å². The number of sulfone groups is 1. The normalized spacial score (nSPS) is 12.8. The van der Waals surface area contributed by atoms with Gasteiger partial charge in [-0.25, -0.2) is 21.1 Å². The van der Waals surface area contributed by atoms with Crippen molar-refractivity contribution >= 4 is 25.5 Å². The third kappa shape index (κ3) is 5.58. The van der Waals surface area contributed by atoms with E-state index in [1.165, 1.54) is 7.05 Å². The van der Waals surface area contributed by atoms with Gasteiger partial charge in [-0.1, -0.05) is 12.1 Å². The maximum Gasteiger partial charge on any atom is 0.218 e. The Morgan fingerprint density at radius 2 is 1.63 bits per heavy atom. The number of rotatable bonds is 6. The van der Waals surface area contributed by atoms with Crippen molar-refractivity contribution < 1.29 is 16.8 Å². The maximum atomic E-state index is 12.0. The molecular formula is C11H18N2O4S2. The summed E-state index contributed by atoms with van der Waals surface area (Å²) in [5.41, 5.74) is 6.69. The first kappa shape index (κ1) is 15.9. The SMILES string of the molecule is CN(CCS(C)(=O)=O)S(=O)(=O)Cc1ccc(N)cc1. The number of nitrogen functional groups attached to an aromatic ring is 1. The molecule has 0 heterocycles. The Balaban J connectivity index is 2.72. The quantitative estimate of drug-likeness (QED) is 0.750. The standard InChI is InChI=1S/C11H18N2O4S2/c1-13(7-8-18(2,14)15)19(16,17)9-10-3-5-11(12)6-4-10/h3-6H,7-9,12H2,1-2H3. The zero-order chi connectivity index (χ0) is 14.7. The Labute approximate surface area is 114 Å². The smallest absolute Gasteiger partial charge is 0.218 e. The molecule has 0 spiro atoms. The maximum absolute atomic E-state index is 12.0. The third-order valence-corrected chi connectivity index (χ3v) is 5.34. The van der Waals surface area contributed by atoms with E-state index < -0.39 is 19.9 Å². The fourth-order valence-corrected chi connectivity index (χ4v) is 3.29. The van der Waals surface area contributed by atoms with Gasteiger partial charge >= 0.3 is 0 Å². The number of sulfonamides is 1. The van der Waals surface area contributed by atoms with E-state index in [0.717, 1.165) is 10.6 Å². The molecule has 8 heteroatoms. The molecule has 108 valence electrons. The Hall–Kier alpha value is -1.12. The Morgan fingerprint density at radius 1 is 1.11 bits per heavy atom. The number of hydrogen-bond donors (Lipinski definition) is 1. The summed E-state index contributed by atoms with van der Waals surface area (Å²) in [7, 11) is -5.33. The van der Waals surface area contributed by atoms with E-state index in [0.29, 0.717) is 11.3 Å². The van der Waals surface area contributed by atoms with Crippen molar-refractivity contribution in [2.45, 2.75) is 5.75 Å². The fourth-order valence-electron chi connectivity index (χ4n) is 1.37. The predicted octanol–water partition coefficient (Wildman–Crippen LogP) is 0.0750. The number of anilines is 1. The molecule has 1 aromatic rings. The van der Waals surface area contributed by atoms with Gasteiger partial charge in [-0.2, -0.15) is 0 Å². The average Bonchev–Trinajstić information content (AvgIpc) is 2.27. The lowest BCUT2D eigenvalue weighted by Gasteiger charge is -2.16. The molecule has 19 heavy (non-hydrogen) atoms. The minimum absolute atomic E-state index is 0.0455. The van der Waals surface area contributed by atoms with Crippen molar-refractivity contribution in [1.29, 1.82) is 0 Å². The van der Waals surface area contributed by atoms with Gasteiger partial charge in [0.2, 0.25) is 10.0 Å². The summed E-state index contributed by atoms with van der Waals surface area (Å²) in [4.78, 5) is 0. The van der Waals surface area contributed by atoms with Crippen LogP contribution in [0.5, 0.6) is 0 Å². The molecule has 2 N–H and O–H groups in total. The molecule has 0 bridgehead atoms. The summed E-state index contributed by atoms with van der Waals surface area (Å²) >= 11 is 0. The van der Waals surface area contributed by atoms with Crippen LogP contribution in [0.15, 0.2) is 24.3 Å². The molecule has 6 nitrogen and oxygen atoms in total. The fraction of sp³-hybridized carbons (Fsp3) is 0.455. The van der Waals surface area contributed by atoms with Gasteiger partial charge in [0, 0.05) is 25.5 Å². The van der Waals surface area contributed by atoms with Gasteiger partial charge < -0.3 is 5.73 Å². The molecule has 0 saturated heterocycles. The highest BCUT2D eigenvalue weighted by Crippen LogP contribution is 2.11. The minimum atomic E-state index is -3.52. The highest BCUT2D eigenvalue weighted by Gasteiger charge is 2.19. The van der Waals surface area contributed by atoms with Gasteiger partial charge in [-0.15, -0.1) is 0 Å². The van der Waals surface area contributed by atoms with Gasteiger partial charge in [0.1, 0.15) is 9.84 Å². The van der Waals surface area contributed by atoms with Crippen LogP contribution >= 0.6 is 0 Å². The second-order valence-electron chi connectivity index (χ2n) is 4.45. The molecule has 0 aliphatic carbocycles. The molecule has 0 atom stereocenters. The van der Waals surface area contributed by atoms with E-state index in [-0.39, 0.29) is 18.1 Å². The Kier molecular flexibility index (Phi) is 4.94. The average molecular weight is 306 g/mol. The van der Waals surface area contributed by atoms with E-state index in [1.807, 2.05) is 0 Å². The summed E-state index contributed by atoms with van der Waals surface area (Å²) in [6, 6.07) is 6.53. The van der Waals surface area contributed by atoms with Crippen LogP contribution in [0.4, 0.5) is 5.69 Å². The van der Waals surface area contributed by atoms with Crippen LogP contribution in [0, 0.1) is 0 Å². The molecule has 0 aliphatic rings. The van der Waals surface area contributed by atoms with Crippen molar-refractivity contribution in [3.05, 3.63) is 29.8 Å². The first-order chi connectivity index (χ1) is 8.60. The van der Waals surface area contributed by atoms with E-state index in [4.69, 9.17) is 5.73 Å². The number of hydrogen-bond acceptors (Lipinski definition) is 5. The predicted molar refractivity (Wildman–Crippen MR) is 75.8 cm³/mol. The highest BCUT2D eigenvalue weighted by molar-refractivity contribution is 7.90. The minimum Gasteiger partial charge on any atom is -0.399 e. The molecule has 0 radical (unpaired) electrons. The number of nitrogens with zero attached hydrogens (tertiary/aromatic N) is 1. The Bertz CT molecular complexity index is 621. The van der Waals surface area contributed by atoms with E-state index >= 15 is 0 Å². The lowest BCUT2D eigenvalue weighted by Crippen LogP contribution is -2.32. The lowest BCUT2D eigenvalue weighted by atomic mass is 10.2.